The molecule has 0 aliphatic carbocycles. The van der Waals surface area contributed by atoms with Gasteiger partial charge in [-0.15, -0.1) is 0 Å². The summed E-state index contributed by atoms with van der Waals surface area (Å²) < 4.78 is 18.7. The predicted molar refractivity (Wildman–Crippen MR) is 49.9 cm³/mol. The van der Waals surface area contributed by atoms with Crippen LogP contribution in [0.15, 0.2) is 0 Å². The maximum absolute atomic E-state index is 11.2. The second-order valence-electron chi connectivity index (χ2n) is 2.74. The zero-order valence-electron chi connectivity index (χ0n) is 9.31. The lowest BCUT2D eigenvalue weighted by atomic mass is 10.1. The van der Waals surface area contributed by atoms with Crippen molar-refractivity contribution in [2.24, 2.45) is 5.92 Å². The van der Waals surface area contributed by atoms with Crippen LogP contribution in [0.5, 0.6) is 0 Å². The largest absolute Gasteiger partial charge is 0.468 e. The Bertz CT molecular complexity index is 195. The van der Waals surface area contributed by atoms with Crippen LogP contribution in [0.2, 0.25) is 0 Å². The minimum absolute atomic E-state index is 0.0619. The molecule has 0 aliphatic rings. The number of esters is 2. The van der Waals surface area contributed by atoms with E-state index in [1.807, 2.05) is 0 Å². The number of methoxy groups -OCH3 is 4. The quantitative estimate of drug-likeness (QED) is 0.355. The molecule has 0 bridgehead atoms. The fraction of sp³-hybridized carbons (Fsp3) is 0.778. The van der Waals surface area contributed by atoms with Crippen molar-refractivity contribution < 1.29 is 28.5 Å². The molecule has 6 nitrogen and oxygen atoms in total. The van der Waals surface area contributed by atoms with E-state index in [2.05, 4.69) is 9.47 Å². The number of carbonyl (C=O) groups excluding carboxylic acids is 2. The van der Waals surface area contributed by atoms with Crippen LogP contribution in [-0.4, -0.2) is 46.7 Å². The van der Waals surface area contributed by atoms with Crippen molar-refractivity contribution in [1.29, 1.82) is 0 Å². The topological polar surface area (TPSA) is 71.1 Å². The van der Waals surface area contributed by atoms with Gasteiger partial charge in [-0.25, -0.2) is 0 Å². The Balaban J connectivity index is 4.49. The van der Waals surface area contributed by atoms with Crippen LogP contribution in [0, 0.1) is 5.92 Å². The fourth-order valence-electron chi connectivity index (χ4n) is 1.05. The number of ether oxygens (including phenoxy) is 4. The highest BCUT2D eigenvalue weighted by Crippen LogP contribution is 2.13. The van der Waals surface area contributed by atoms with E-state index in [1.165, 1.54) is 28.4 Å². The molecular formula is C9H16O6. The second-order valence-corrected chi connectivity index (χ2v) is 2.74. The molecule has 0 atom stereocenters. The molecule has 0 aromatic heterocycles. The van der Waals surface area contributed by atoms with Gasteiger partial charge in [0, 0.05) is 20.6 Å². The third-order valence-electron chi connectivity index (χ3n) is 1.93. The van der Waals surface area contributed by atoms with E-state index in [4.69, 9.17) is 9.47 Å². The zero-order chi connectivity index (χ0) is 11.8. The average molecular weight is 220 g/mol. The van der Waals surface area contributed by atoms with E-state index in [9.17, 15) is 9.59 Å². The summed E-state index contributed by atoms with van der Waals surface area (Å²) >= 11 is 0. The van der Waals surface area contributed by atoms with E-state index in [-0.39, 0.29) is 6.42 Å². The first kappa shape index (κ1) is 13.9. The van der Waals surface area contributed by atoms with Crippen molar-refractivity contribution in [3.63, 3.8) is 0 Å². The van der Waals surface area contributed by atoms with Crippen molar-refractivity contribution in [2.75, 3.05) is 28.4 Å². The first-order chi connectivity index (χ1) is 7.10. The van der Waals surface area contributed by atoms with Crippen LogP contribution in [0.1, 0.15) is 6.42 Å². The van der Waals surface area contributed by atoms with Gasteiger partial charge >= 0.3 is 11.9 Å². The van der Waals surface area contributed by atoms with Crippen molar-refractivity contribution in [1.82, 2.24) is 0 Å². The van der Waals surface area contributed by atoms with Crippen LogP contribution >= 0.6 is 0 Å². The Morgan fingerprint density at radius 3 is 1.60 bits per heavy atom. The summed E-state index contributed by atoms with van der Waals surface area (Å²) in [4.78, 5) is 22.5. The molecule has 0 aliphatic heterocycles. The summed E-state index contributed by atoms with van der Waals surface area (Å²) in [6.45, 7) is 0. The molecule has 0 amide bonds. The fourth-order valence-corrected chi connectivity index (χ4v) is 1.05. The van der Waals surface area contributed by atoms with Crippen molar-refractivity contribution >= 4 is 11.9 Å². The van der Waals surface area contributed by atoms with Crippen LogP contribution in [0.4, 0.5) is 0 Å². The van der Waals surface area contributed by atoms with Crippen LogP contribution in [-0.2, 0) is 28.5 Å². The monoisotopic (exact) mass is 220 g/mol. The molecule has 0 rings (SSSR count). The lowest BCUT2D eigenvalue weighted by molar-refractivity contribution is -0.167. The smallest absolute Gasteiger partial charge is 0.320 e. The second kappa shape index (κ2) is 7.19. The molecule has 0 radical (unpaired) electrons. The van der Waals surface area contributed by atoms with Gasteiger partial charge in [-0.3, -0.25) is 9.59 Å². The average Bonchev–Trinajstić information content (AvgIpc) is 2.29. The first-order valence-corrected chi connectivity index (χ1v) is 4.31. The molecule has 6 heteroatoms. The Morgan fingerprint density at radius 2 is 1.33 bits per heavy atom. The highest BCUT2D eigenvalue weighted by Gasteiger charge is 2.31. The highest BCUT2D eigenvalue weighted by molar-refractivity contribution is 5.94. The molecular weight excluding hydrogens is 204 g/mol. The SMILES string of the molecule is COC(=O)C(CC(OC)OC)C(=O)OC. The summed E-state index contributed by atoms with van der Waals surface area (Å²) in [6, 6.07) is 0. The highest BCUT2D eigenvalue weighted by atomic mass is 16.7. The van der Waals surface area contributed by atoms with E-state index in [1.54, 1.807) is 0 Å². The van der Waals surface area contributed by atoms with E-state index in [0.29, 0.717) is 0 Å². The number of hydrogen-bond acceptors (Lipinski definition) is 6. The van der Waals surface area contributed by atoms with Gasteiger partial charge in [0.15, 0.2) is 12.2 Å². The van der Waals surface area contributed by atoms with Crippen LogP contribution < -0.4 is 0 Å². The van der Waals surface area contributed by atoms with Crippen LogP contribution in [0.25, 0.3) is 0 Å². The Kier molecular flexibility index (Phi) is 6.64. The van der Waals surface area contributed by atoms with Crippen LogP contribution in [0.3, 0.4) is 0 Å². The maximum atomic E-state index is 11.2. The lowest BCUT2D eigenvalue weighted by Gasteiger charge is -2.17. The van der Waals surface area contributed by atoms with Crippen molar-refractivity contribution in [3.05, 3.63) is 0 Å². The molecule has 0 saturated carbocycles. The summed E-state index contributed by atoms with van der Waals surface area (Å²) in [5.74, 6) is -2.35. The minimum atomic E-state index is -1.02. The third-order valence-corrected chi connectivity index (χ3v) is 1.93. The van der Waals surface area contributed by atoms with E-state index < -0.39 is 24.1 Å². The molecule has 0 aromatic carbocycles. The van der Waals surface area contributed by atoms with Gasteiger partial charge in [0.25, 0.3) is 0 Å². The lowest BCUT2D eigenvalue weighted by Crippen LogP contribution is -2.31. The van der Waals surface area contributed by atoms with E-state index in [0.717, 1.165) is 0 Å². The third kappa shape index (κ3) is 4.26. The van der Waals surface area contributed by atoms with Gasteiger partial charge in [-0.05, 0) is 0 Å². The standard InChI is InChI=1S/C9H16O6/c1-12-7(13-2)5-6(8(10)14-3)9(11)15-4/h6-7H,5H2,1-4H3. The number of rotatable bonds is 6. The van der Waals surface area contributed by atoms with Gasteiger partial charge in [-0.1, -0.05) is 0 Å². The zero-order valence-corrected chi connectivity index (χ0v) is 9.31. The normalized spacial score (nSPS) is 10.5. The molecule has 0 heterocycles. The summed E-state index contributed by atoms with van der Waals surface area (Å²) in [6.07, 6.45) is -0.583. The number of hydrogen-bond donors (Lipinski definition) is 0. The molecule has 0 fully saturated rings. The molecule has 88 valence electrons. The number of carbonyl (C=O) groups is 2. The minimum Gasteiger partial charge on any atom is -0.468 e. The van der Waals surface area contributed by atoms with Crippen molar-refractivity contribution in [2.45, 2.75) is 12.7 Å². The molecule has 15 heavy (non-hydrogen) atoms. The molecule has 0 unspecified atom stereocenters. The molecule has 0 saturated heterocycles. The van der Waals surface area contributed by atoms with E-state index >= 15 is 0 Å². The van der Waals surface area contributed by atoms with Gasteiger partial charge in [0.1, 0.15) is 0 Å². The molecule has 0 spiro atoms. The first-order valence-electron chi connectivity index (χ1n) is 4.31. The van der Waals surface area contributed by atoms with Gasteiger partial charge < -0.3 is 18.9 Å². The van der Waals surface area contributed by atoms with Gasteiger partial charge in [0.05, 0.1) is 14.2 Å². The Hall–Kier alpha value is -1.14. The van der Waals surface area contributed by atoms with Gasteiger partial charge in [0.2, 0.25) is 0 Å². The predicted octanol–water partition coefficient (Wildman–Crippen LogP) is -0.0424. The summed E-state index contributed by atoms with van der Waals surface area (Å²) in [5, 5.41) is 0. The Morgan fingerprint density at radius 1 is 0.933 bits per heavy atom. The maximum Gasteiger partial charge on any atom is 0.320 e. The summed E-state index contributed by atoms with van der Waals surface area (Å²) in [7, 11) is 5.24. The Labute approximate surface area is 88.4 Å². The summed E-state index contributed by atoms with van der Waals surface area (Å²) in [5.41, 5.74) is 0. The van der Waals surface area contributed by atoms with Crippen molar-refractivity contribution in [3.8, 4) is 0 Å². The van der Waals surface area contributed by atoms with Gasteiger partial charge in [-0.2, -0.15) is 0 Å². The molecule has 0 N–H and O–H groups in total. The molecule has 0 aromatic rings.